The van der Waals surface area contributed by atoms with Gasteiger partial charge in [0.2, 0.25) is 5.91 Å². The summed E-state index contributed by atoms with van der Waals surface area (Å²) in [5.41, 5.74) is 1.11. The van der Waals surface area contributed by atoms with Crippen LogP contribution in [0.25, 0.3) is 10.8 Å². The first kappa shape index (κ1) is 28.8. The maximum absolute atomic E-state index is 14.9. The normalized spacial score (nSPS) is 19.9. The van der Waals surface area contributed by atoms with Crippen molar-refractivity contribution < 1.29 is 14.0 Å². The van der Waals surface area contributed by atoms with Crippen LogP contribution < -0.4 is 5.56 Å². The van der Waals surface area contributed by atoms with Crippen LogP contribution in [0.4, 0.5) is 4.39 Å². The summed E-state index contributed by atoms with van der Waals surface area (Å²) in [5.74, 6) is -0.767. The number of likely N-dealkylation sites (tertiary alicyclic amines) is 1. The Morgan fingerprint density at radius 2 is 1.55 bits per heavy atom. The molecular formula is C31H36ClFN6O3. The number of hydrogen-bond acceptors (Lipinski definition) is 6. The monoisotopic (exact) mass is 594 g/mol. The lowest BCUT2D eigenvalue weighted by Gasteiger charge is -2.42. The number of benzene rings is 2. The van der Waals surface area contributed by atoms with Gasteiger partial charge >= 0.3 is 0 Å². The highest BCUT2D eigenvalue weighted by atomic mass is 35.5. The minimum atomic E-state index is -0.579. The lowest BCUT2D eigenvalue weighted by Crippen LogP contribution is -2.53. The summed E-state index contributed by atoms with van der Waals surface area (Å²) in [6, 6.07) is 12.3. The van der Waals surface area contributed by atoms with Gasteiger partial charge in [0.25, 0.3) is 11.5 Å². The SMILES string of the molecule is O=C(c1cc(Cc2n[nH]c(=O)c3ccccc23)ccc1F)N1CCN(C(=O)C2CCN(C3CCN(Cl)CC3)CC2)CC1. The van der Waals surface area contributed by atoms with E-state index in [2.05, 4.69) is 15.1 Å². The summed E-state index contributed by atoms with van der Waals surface area (Å²) >= 11 is 6.11. The molecule has 3 aliphatic heterocycles. The number of piperidine rings is 2. The molecule has 1 aromatic heterocycles. The minimum absolute atomic E-state index is 0.00776. The molecule has 0 saturated carbocycles. The fraction of sp³-hybridized carbons (Fsp3) is 0.484. The molecule has 42 heavy (non-hydrogen) atoms. The third-order valence-corrected chi connectivity index (χ3v) is 9.43. The van der Waals surface area contributed by atoms with Crippen molar-refractivity contribution in [2.45, 2.75) is 38.1 Å². The Morgan fingerprint density at radius 1 is 0.881 bits per heavy atom. The van der Waals surface area contributed by atoms with Crippen LogP contribution in [0.1, 0.15) is 47.3 Å². The second-order valence-corrected chi connectivity index (χ2v) is 12.1. The summed E-state index contributed by atoms with van der Waals surface area (Å²) < 4.78 is 16.7. The van der Waals surface area contributed by atoms with E-state index >= 15 is 0 Å². The topological polar surface area (TPSA) is 92.8 Å². The number of carbonyl (C=O) groups excluding carboxylic acids is 2. The molecule has 0 unspecified atom stereocenters. The third kappa shape index (κ3) is 6.07. The Bertz CT molecular complexity index is 1510. The lowest BCUT2D eigenvalue weighted by atomic mass is 9.92. The van der Waals surface area contributed by atoms with E-state index in [9.17, 15) is 18.8 Å². The first-order chi connectivity index (χ1) is 20.4. The van der Waals surface area contributed by atoms with Crippen LogP contribution in [0.2, 0.25) is 0 Å². The molecule has 0 atom stereocenters. The average Bonchev–Trinajstić information content (AvgIpc) is 3.03. The van der Waals surface area contributed by atoms with E-state index in [1.54, 1.807) is 29.2 Å². The van der Waals surface area contributed by atoms with Crippen LogP contribution in [0, 0.1) is 11.7 Å². The van der Waals surface area contributed by atoms with E-state index in [4.69, 9.17) is 11.8 Å². The van der Waals surface area contributed by atoms with E-state index in [-0.39, 0.29) is 28.9 Å². The van der Waals surface area contributed by atoms with Crippen molar-refractivity contribution in [3.63, 3.8) is 0 Å². The zero-order valence-electron chi connectivity index (χ0n) is 23.6. The van der Waals surface area contributed by atoms with E-state index in [1.165, 1.54) is 6.07 Å². The maximum Gasteiger partial charge on any atom is 0.272 e. The molecule has 1 N–H and O–H groups in total. The van der Waals surface area contributed by atoms with Crippen molar-refractivity contribution in [2.75, 3.05) is 52.4 Å². The first-order valence-electron chi connectivity index (χ1n) is 14.8. The molecule has 0 radical (unpaired) electrons. The van der Waals surface area contributed by atoms with E-state index < -0.39 is 5.82 Å². The van der Waals surface area contributed by atoms with Crippen LogP contribution in [0.5, 0.6) is 0 Å². The lowest BCUT2D eigenvalue weighted by molar-refractivity contribution is -0.138. The van der Waals surface area contributed by atoms with Gasteiger partial charge < -0.3 is 14.7 Å². The molecule has 2 aromatic carbocycles. The molecule has 0 bridgehead atoms. The summed E-state index contributed by atoms with van der Waals surface area (Å²) in [6.45, 7) is 5.33. The molecule has 0 aliphatic carbocycles. The number of amides is 2. The van der Waals surface area contributed by atoms with Gasteiger partial charge in [-0.2, -0.15) is 5.10 Å². The van der Waals surface area contributed by atoms with Gasteiger partial charge in [-0.3, -0.25) is 14.4 Å². The number of carbonyl (C=O) groups is 2. The smallest absolute Gasteiger partial charge is 0.272 e. The number of rotatable bonds is 5. The van der Waals surface area contributed by atoms with Gasteiger partial charge in [0, 0.05) is 63.0 Å². The van der Waals surface area contributed by atoms with Crippen LogP contribution in [0.3, 0.4) is 0 Å². The highest BCUT2D eigenvalue weighted by Crippen LogP contribution is 2.26. The van der Waals surface area contributed by atoms with Gasteiger partial charge in [0.15, 0.2) is 0 Å². The Balaban J connectivity index is 1.05. The first-order valence-corrected chi connectivity index (χ1v) is 15.2. The van der Waals surface area contributed by atoms with Crippen LogP contribution in [-0.2, 0) is 11.2 Å². The van der Waals surface area contributed by atoms with E-state index in [0.717, 1.165) is 62.8 Å². The number of aromatic nitrogens is 2. The maximum atomic E-state index is 14.9. The van der Waals surface area contributed by atoms with Gasteiger partial charge in [0.1, 0.15) is 5.82 Å². The number of piperazine rings is 1. The van der Waals surface area contributed by atoms with Crippen molar-refractivity contribution in [1.29, 1.82) is 0 Å². The van der Waals surface area contributed by atoms with Crippen molar-refractivity contribution in [2.24, 2.45) is 5.92 Å². The summed E-state index contributed by atoms with van der Waals surface area (Å²) in [5, 5.41) is 7.99. The number of hydrogen-bond donors (Lipinski definition) is 1. The van der Waals surface area contributed by atoms with Gasteiger partial charge in [0.05, 0.1) is 16.6 Å². The summed E-state index contributed by atoms with van der Waals surface area (Å²) in [4.78, 5) is 44.8. The second-order valence-electron chi connectivity index (χ2n) is 11.6. The zero-order valence-corrected chi connectivity index (χ0v) is 24.4. The molecular weight excluding hydrogens is 559 g/mol. The predicted molar refractivity (Wildman–Crippen MR) is 159 cm³/mol. The van der Waals surface area contributed by atoms with Crippen LogP contribution >= 0.6 is 11.8 Å². The standard InChI is InChI=1S/C31H36ClFN6O3/c32-39-13-9-23(10-14-39)36-11-7-22(8-12-36)30(41)37-15-17-38(18-16-37)31(42)26-19-21(5-6-27(26)33)20-28-24-3-1-2-4-25(24)29(40)35-34-28/h1-6,19,22-23H,7-18,20H2,(H,35,40). The highest BCUT2D eigenvalue weighted by molar-refractivity contribution is 6.13. The molecule has 3 fully saturated rings. The van der Waals surface area contributed by atoms with Crippen LogP contribution in [0.15, 0.2) is 47.3 Å². The van der Waals surface area contributed by atoms with Crippen molar-refractivity contribution in [3.05, 3.63) is 75.5 Å². The molecule has 6 rings (SSSR count). The largest absolute Gasteiger partial charge is 0.339 e. The molecule has 11 heteroatoms. The highest BCUT2D eigenvalue weighted by Gasteiger charge is 2.34. The van der Waals surface area contributed by atoms with E-state index in [0.29, 0.717) is 49.7 Å². The number of aromatic amines is 1. The molecule has 222 valence electrons. The van der Waals surface area contributed by atoms with Gasteiger partial charge in [-0.15, -0.1) is 0 Å². The predicted octanol–water partition coefficient (Wildman–Crippen LogP) is 3.27. The van der Waals surface area contributed by atoms with Crippen LogP contribution in [-0.4, -0.2) is 99.5 Å². The fourth-order valence-electron chi connectivity index (χ4n) is 6.62. The third-order valence-electron chi connectivity index (χ3n) is 9.09. The number of H-pyrrole nitrogens is 1. The van der Waals surface area contributed by atoms with Crippen molar-refractivity contribution in [3.8, 4) is 0 Å². The number of halogens is 2. The van der Waals surface area contributed by atoms with Crippen molar-refractivity contribution in [1.82, 2.24) is 29.3 Å². The van der Waals surface area contributed by atoms with Gasteiger partial charge in [-0.05, 0) is 74.3 Å². The molecule has 4 heterocycles. The molecule has 2 amide bonds. The second kappa shape index (κ2) is 12.5. The molecule has 9 nitrogen and oxygen atoms in total. The molecule has 0 spiro atoms. The molecule has 3 aromatic rings. The Morgan fingerprint density at radius 3 is 2.26 bits per heavy atom. The minimum Gasteiger partial charge on any atom is -0.339 e. The van der Waals surface area contributed by atoms with Crippen molar-refractivity contribution >= 4 is 34.4 Å². The Labute approximate surface area is 249 Å². The van der Waals surface area contributed by atoms with Gasteiger partial charge in [-0.1, -0.05) is 24.3 Å². The summed E-state index contributed by atoms with van der Waals surface area (Å²) in [7, 11) is 0. The Kier molecular flexibility index (Phi) is 8.55. The zero-order chi connectivity index (χ0) is 29.2. The fourth-order valence-corrected chi connectivity index (χ4v) is 6.81. The molecule has 3 saturated heterocycles. The molecule has 3 aliphatic rings. The Hall–Kier alpha value is -3.34. The summed E-state index contributed by atoms with van der Waals surface area (Å²) in [6.07, 6.45) is 4.20. The quantitative estimate of drug-likeness (QED) is 0.456. The average molecular weight is 595 g/mol. The number of nitrogens with zero attached hydrogens (tertiary/aromatic N) is 5. The number of nitrogens with one attached hydrogen (secondary N) is 1. The van der Waals surface area contributed by atoms with E-state index in [1.807, 2.05) is 21.5 Å². The van der Waals surface area contributed by atoms with Gasteiger partial charge in [-0.25, -0.2) is 13.9 Å². The number of fused-ring (bicyclic) bond motifs is 1.